The summed E-state index contributed by atoms with van der Waals surface area (Å²) >= 11 is 0. The van der Waals surface area contributed by atoms with Crippen molar-refractivity contribution in [3.63, 3.8) is 0 Å². The molecule has 1 aromatic carbocycles. The third-order valence-corrected chi connectivity index (χ3v) is 6.58. The van der Waals surface area contributed by atoms with E-state index in [2.05, 4.69) is 20.8 Å². The minimum absolute atomic E-state index is 0. The molecule has 1 saturated heterocycles. The lowest BCUT2D eigenvalue weighted by Crippen LogP contribution is -2.65. The van der Waals surface area contributed by atoms with Crippen LogP contribution in [-0.4, -0.2) is 18.8 Å². The topological polar surface area (TPSA) is 18.5 Å². The maximum Gasteiger partial charge on any atom is 0.457 e. The van der Waals surface area contributed by atoms with E-state index in [9.17, 15) is 4.39 Å². The third kappa shape index (κ3) is 2.63. The van der Waals surface area contributed by atoms with Crippen molar-refractivity contribution in [2.24, 2.45) is 17.3 Å². The van der Waals surface area contributed by atoms with E-state index in [1.807, 2.05) is 12.1 Å². The number of rotatable bonds is 3. The maximum absolute atomic E-state index is 13.0. The summed E-state index contributed by atoms with van der Waals surface area (Å²) < 4.78 is 25.5. The van der Waals surface area contributed by atoms with Crippen LogP contribution in [0.3, 0.4) is 0 Å². The van der Waals surface area contributed by atoms with Gasteiger partial charge in [0.15, 0.2) is 0 Å². The summed E-state index contributed by atoms with van der Waals surface area (Å²) in [4.78, 5) is 0. The number of benzene rings is 1. The van der Waals surface area contributed by atoms with Crippen LogP contribution in [0.4, 0.5) is 4.39 Å². The average Bonchev–Trinajstić information content (AvgIpc) is 2.82. The Balaban J connectivity index is 0.00000104. The van der Waals surface area contributed by atoms with E-state index in [4.69, 9.17) is 9.31 Å². The zero-order chi connectivity index (χ0) is 15.5. The summed E-state index contributed by atoms with van der Waals surface area (Å²) in [5.74, 6) is 1.22. The van der Waals surface area contributed by atoms with E-state index in [-0.39, 0.29) is 38.5 Å². The highest BCUT2D eigenvalue weighted by Crippen LogP contribution is 2.65. The second-order valence-electron chi connectivity index (χ2n) is 8.06. The van der Waals surface area contributed by atoms with Gasteiger partial charge in [-0.15, -0.1) is 12.4 Å². The van der Waals surface area contributed by atoms with Gasteiger partial charge in [0.2, 0.25) is 0 Å². The minimum atomic E-state index is -0.183. The molecule has 1 heterocycles. The van der Waals surface area contributed by atoms with Gasteiger partial charge in [-0.3, -0.25) is 0 Å². The average molecular weight is 341 g/mol. The predicted molar refractivity (Wildman–Crippen MR) is 94.4 cm³/mol. The van der Waals surface area contributed by atoms with Crippen LogP contribution < -0.4 is 0 Å². The fourth-order valence-corrected chi connectivity index (χ4v) is 5.01. The lowest BCUT2D eigenvalue weighted by Gasteiger charge is -2.64. The second-order valence-corrected chi connectivity index (χ2v) is 8.06. The zero-order valence-corrected chi connectivity index (χ0v) is 14.9. The molecule has 1 aliphatic heterocycles. The number of hydrogen-bond donors (Lipinski definition) is 0. The molecule has 0 spiro atoms. The summed E-state index contributed by atoms with van der Waals surface area (Å²) in [7, 11) is -0.116. The Labute approximate surface area is 146 Å². The summed E-state index contributed by atoms with van der Waals surface area (Å²) in [6, 6.07) is 6.73. The first-order valence-corrected chi connectivity index (χ1v) is 8.47. The van der Waals surface area contributed by atoms with Crippen molar-refractivity contribution in [3.05, 3.63) is 35.6 Å². The van der Waals surface area contributed by atoms with Gasteiger partial charge in [-0.1, -0.05) is 26.0 Å². The molecule has 4 unspecified atom stereocenters. The molecule has 1 aromatic rings. The lowest BCUT2D eigenvalue weighted by atomic mass is 9.43. The molecule has 5 heteroatoms. The maximum atomic E-state index is 13.0. The van der Waals surface area contributed by atoms with Crippen LogP contribution in [0.15, 0.2) is 24.3 Å². The van der Waals surface area contributed by atoms with Crippen LogP contribution >= 0.6 is 12.4 Å². The normalized spacial score (nSPS) is 36.9. The summed E-state index contributed by atoms with van der Waals surface area (Å²) in [6.07, 6.45) is 4.38. The molecule has 0 aromatic heterocycles. The predicted octanol–water partition coefficient (Wildman–Crippen LogP) is 4.76. The van der Waals surface area contributed by atoms with Crippen molar-refractivity contribution in [1.82, 2.24) is 0 Å². The first-order valence-electron chi connectivity index (χ1n) is 8.47. The fourth-order valence-electron chi connectivity index (χ4n) is 5.01. The standard InChI is InChI=1S/C18H24BFO2.ClH.H2/c1-17(2)13-10-15(17)18(3)16(11-13)21-19(22-18)9-8-12-4-6-14(20)7-5-12;;/h4-7,13,15-16H,8-11H2,1-3H3;2*1H. The van der Waals surface area contributed by atoms with Gasteiger partial charge in [-0.2, -0.15) is 0 Å². The SMILES string of the molecule is CC1(C)C2CC3OB(CCc4ccc(F)cc4)OC3(C)C1C2.Cl.[HH]. The molecule has 4 aliphatic rings. The van der Waals surface area contributed by atoms with Crippen molar-refractivity contribution in [1.29, 1.82) is 0 Å². The fraction of sp³-hybridized carbons (Fsp3) is 0.667. The second kappa shape index (κ2) is 5.75. The Morgan fingerprint density at radius 1 is 1.22 bits per heavy atom. The summed E-state index contributed by atoms with van der Waals surface area (Å²) in [6.45, 7) is 7.00. The van der Waals surface area contributed by atoms with Crippen molar-refractivity contribution in [3.8, 4) is 0 Å². The third-order valence-electron chi connectivity index (χ3n) is 6.58. The van der Waals surface area contributed by atoms with Gasteiger partial charge in [0.25, 0.3) is 0 Å². The summed E-state index contributed by atoms with van der Waals surface area (Å²) in [5.41, 5.74) is 1.41. The Hall–Kier alpha value is -0.575. The quantitative estimate of drug-likeness (QED) is 0.738. The number of hydrogen-bond acceptors (Lipinski definition) is 2. The number of aryl methyl sites for hydroxylation is 1. The van der Waals surface area contributed by atoms with Gasteiger partial charge >= 0.3 is 7.12 Å². The van der Waals surface area contributed by atoms with Crippen LogP contribution in [0.5, 0.6) is 0 Å². The Morgan fingerprint density at radius 3 is 2.57 bits per heavy atom. The van der Waals surface area contributed by atoms with Gasteiger partial charge in [-0.05, 0) is 67.5 Å². The molecular formula is C18H27BClFO2. The van der Waals surface area contributed by atoms with Crippen molar-refractivity contribution < 1.29 is 15.1 Å². The van der Waals surface area contributed by atoms with E-state index in [0.717, 1.165) is 30.6 Å². The van der Waals surface area contributed by atoms with Gasteiger partial charge < -0.3 is 9.31 Å². The minimum Gasteiger partial charge on any atom is -0.405 e. The highest BCUT2D eigenvalue weighted by Gasteiger charge is 2.67. The Kier molecular flexibility index (Phi) is 4.31. The highest BCUT2D eigenvalue weighted by molar-refractivity contribution is 6.45. The van der Waals surface area contributed by atoms with Gasteiger partial charge in [0.1, 0.15) is 5.82 Å². The smallest absolute Gasteiger partial charge is 0.405 e. The Morgan fingerprint density at radius 2 is 1.91 bits per heavy atom. The largest absolute Gasteiger partial charge is 0.457 e. The van der Waals surface area contributed by atoms with Crippen LogP contribution in [0.2, 0.25) is 6.32 Å². The molecular weight excluding hydrogens is 313 g/mol. The monoisotopic (exact) mass is 340 g/mol. The first-order chi connectivity index (χ1) is 10.4. The first kappa shape index (κ1) is 17.3. The zero-order valence-electron chi connectivity index (χ0n) is 14.0. The molecule has 3 aliphatic carbocycles. The van der Waals surface area contributed by atoms with Crippen molar-refractivity contribution in [2.75, 3.05) is 0 Å². The van der Waals surface area contributed by atoms with Crippen LogP contribution in [-0.2, 0) is 15.7 Å². The molecule has 4 fully saturated rings. The number of halogens is 2. The van der Waals surface area contributed by atoms with E-state index >= 15 is 0 Å². The van der Waals surface area contributed by atoms with E-state index < -0.39 is 0 Å². The van der Waals surface area contributed by atoms with E-state index in [1.165, 1.54) is 18.6 Å². The molecule has 2 nitrogen and oxygen atoms in total. The van der Waals surface area contributed by atoms with E-state index in [1.54, 1.807) is 0 Å². The molecule has 4 atom stereocenters. The van der Waals surface area contributed by atoms with Crippen LogP contribution in [0.1, 0.15) is 40.6 Å². The molecule has 5 rings (SSSR count). The molecule has 23 heavy (non-hydrogen) atoms. The van der Waals surface area contributed by atoms with Crippen LogP contribution in [0, 0.1) is 23.1 Å². The lowest BCUT2D eigenvalue weighted by molar-refractivity contribution is -0.199. The molecule has 2 bridgehead atoms. The van der Waals surface area contributed by atoms with Crippen LogP contribution in [0.25, 0.3) is 0 Å². The highest BCUT2D eigenvalue weighted by atomic mass is 35.5. The van der Waals surface area contributed by atoms with Gasteiger partial charge in [0, 0.05) is 1.43 Å². The Bertz CT molecular complexity index is 585. The van der Waals surface area contributed by atoms with Crippen molar-refractivity contribution >= 4 is 19.5 Å². The molecule has 128 valence electrons. The molecule has 0 radical (unpaired) electrons. The van der Waals surface area contributed by atoms with Crippen molar-refractivity contribution in [2.45, 2.75) is 58.1 Å². The molecule has 3 saturated carbocycles. The molecule has 0 amide bonds. The summed E-state index contributed by atoms with van der Waals surface area (Å²) in [5, 5.41) is 0. The van der Waals surface area contributed by atoms with Gasteiger partial charge in [0.05, 0.1) is 11.7 Å². The van der Waals surface area contributed by atoms with Gasteiger partial charge in [-0.25, -0.2) is 4.39 Å². The van der Waals surface area contributed by atoms with E-state index in [0.29, 0.717) is 11.3 Å². The molecule has 0 N–H and O–H groups in total.